The zero-order chi connectivity index (χ0) is 13.5. The molecule has 0 spiro atoms. The SMILES string of the molecule is O=S(=O)(NC1CCOC1C1CC1)c1ccnc(Cl)c1. The minimum atomic E-state index is -3.56. The van der Waals surface area contributed by atoms with Gasteiger partial charge in [0.05, 0.1) is 17.0 Å². The summed E-state index contributed by atoms with van der Waals surface area (Å²) in [4.78, 5) is 3.93. The van der Waals surface area contributed by atoms with Crippen LogP contribution in [-0.4, -0.2) is 32.2 Å². The first-order valence-electron chi connectivity index (χ1n) is 6.32. The quantitative estimate of drug-likeness (QED) is 0.858. The maximum Gasteiger partial charge on any atom is 0.241 e. The van der Waals surface area contributed by atoms with Gasteiger partial charge in [0.15, 0.2) is 0 Å². The van der Waals surface area contributed by atoms with E-state index in [2.05, 4.69) is 9.71 Å². The fourth-order valence-electron chi connectivity index (χ4n) is 2.45. The van der Waals surface area contributed by atoms with Crippen molar-refractivity contribution in [1.29, 1.82) is 0 Å². The maximum atomic E-state index is 12.3. The topological polar surface area (TPSA) is 68.3 Å². The summed E-state index contributed by atoms with van der Waals surface area (Å²) in [5, 5.41) is 0.171. The molecule has 1 aliphatic heterocycles. The summed E-state index contributed by atoms with van der Waals surface area (Å²) in [6, 6.07) is 2.66. The smallest absolute Gasteiger partial charge is 0.241 e. The Hall–Kier alpha value is -0.690. The molecule has 1 N–H and O–H groups in total. The highest BCUT2D eigenvalue weighted by Crippen LogP contribution is 2.39. The van der Waals surface area contributed by atoms with Gasteiger partial charge in [0.2, 0.25) is 10.0 Å². The third-order valence-corrected chi connectivity index (χ3v) is 5.23. The van der Waals surface area contributed by atoms with Crippen LogP contribution in [0.15, 0.2) is 23.2 Å². The largest absolute Gasteiger partial charge is 0.376 e. The summed E-state index contributed by atoms with van der Waals surface area (Å²) in [6.07, 6.45) is 4.39. The predicted octanol–water partition coefficient (Wildman–Crippen LogP) is 1.58. The molecule has 2 aliphatic rings. The van der Waals surface area contributed by atoms with Crippen molar-refractivity contribution in [1.82, 2.24) is 9.71 Å². The first-order valence-corrected chi connectivity index (χ1v) is 8.18. The standard InChI is InChI=1S/C12H15ClN2O3S/c13-11-7-9(3-5-14-11)19(16,17)15-10-4-6-18-12(10)8-1-2-8/h3,5,7-8,10,12,15H,1-2,4,6H2. The Morgan fingerprint density at radius 2 is 2.16 bits per heavy atom. The van der Waals surface area contributed by atoms with Gasteiger partial charge in [-0.1, -0.05) is 11.6 Å². The molecule has 2 atom stereocenters. The van der Waals surface area contributed by atoms with Crippen LogP contribution in [0.4, 0.5) is 0 Å². The van der Waals surface area contributed by atoms with Gasteiger partial charge in [-0.3, -0.25) is 0 Å². The van der Waals surface area contributed by atoms with Gasteiger partial charge in [-0.15, -0.1) is 0 Å². The lowest BCUT2D eigenvalue weighted by molar-refractivity contribution is 0.0848. The highest BCUT2D eigenvalue weighted by molar-refractivity contribution is 7.89. The van der Waals surface area contributed by atoms with E-state index in [-0.39, 0.29) is 22.2 Å². The third kappa shape index (κ3) is 2.91. The van der Waals surface area contributed by atoms with E-state index in [9.17, 15) is 8.42 Å². The average Bonchev–Trinajstić information content (AvgIpc) is 3.10. The van der Waals surface area contributed by atoms with Crippen LogP contribution in [0.5, 0.6) is 0 Å². The van der Waals surface area contributed by atoms with E-state index in [1.54, 1.807) is 0 Å². The van der Waals surface area contributed by atoms with Crippen LogP contribution >= 0.6 is 11.6 Å². The molecule has 2 heterocycles. The zero-order valence-electron chi connectivity index (χ0n) is 10.3. The van der Waals surface area contributed by atoms with E-state index in [4.69, 9.17) is 16.3 Å². The van der Waals surface area contributed by atoms with Gasteiger partial charge in [-0.25, -0.2) is 18.1 Å². The van der Waals surface area contributed by atoms with E-state index in [1.165, 1.54) is 18.3 Å². The van der Waals surface area contributed by atoms with E-state index < -0.39 is 10.0 Å². The fourth-order valence-corrected chi connectivity index (χ4v) is 3.98. The van der Waals surface area contributed by atoms with Crippen molar-refractivity contribution in [2.24, 2.45) is 5.92 Å². The van der Waals surface area contributed by atoms with E-state index in [0.29, 0.717) is 12.5 Å². The zero-order valence-corrected chi connectivity index (χ0v) is 11.8. The summed E-state index contributed by atoms with van der Waals surface area (Å²) in [5.74, 6) is 0.510. The summed E-state index contributed by atoms with van der Waals surface area (Å²) < 4.78 is 32.9. The molecule has 0 radical (unpaired) electrons. The number of nitrogens with one attached hydrogen (secondary N) is 1. The van der Waals surface area contributed by atoms with Crippen molar-refractivity contribution in [3.05, 3.63) is 23.5 Å². The number of ether oxygens (including phenoxy) is 1. The van der Waals surface area contributed by atoms with Gasteiger partial charge in [0.25, 0.3) is 0 Å². The molecule has 0 aromatic carbocycles. The van der Waals surface area contributed by atoms with Gasteiger partial charge in [0, 0.05) is 12.8 Å². The molecular formula is C12H15ClN2O3S. The molecule has 19 heavy (non-hydrogen) atoms. The Morgan fingerprint density at radius 1 is 1.37 bits per heavy atom. The van der Waals surface area contributed by atoms with Crippen molar-refractivity contribution < 1.29 is 13.2 Å². The third-order valence-electron chi connectivity index (χ3n) is 3.54. The minimum absolute atomic E-state index is 0.0204. The molecule has 104 valence electrons. The van der Waals surface area contributed by atoms with Crippen LogP contribution in [0.25, 0.3) is 0 Å². The first-order chi connectivity index (χ1) is 9.06. The van der Waals surface area contributed by atoms with E-state index in [1.807, 2.05) is 0 Å². The summed E-state index contributed by atoms with van der Waals surface area (Å²) >= 11 is 5.73. The molecular weight excluding hydrogens is 288 g/mol. The lowest BCUT2D eigenvalue weighted by atomic mass is 10.1. The normalized spacial score (nSPS) is 27.6. The Balaban J connectivity index is 1.77. The van der Waals surface area contributed by atoms with Gasteiger partial charge in [-0.05, 0) is 37.3 Å². The van der Waals surface area contributed by atoms with Crippen LogP contribution < -0.4 is 4.72 Å². The second-order valence-corrected chi connectivity index (χ2v) is 7.10. The first kappa shape index (κ1) is 13.3. The van der Waals surface area contributed by atoms with Crippen LogP contribution in [0.2, 0.25) is 5.15 Å². The predicted molar refractivity (Wildman–Crippen MR) is 70.4 cm³/mol. The molecule has 1 aromatic rings. The molecule has 2 fully saturated rings. The van der Waals surface area contributed by atoms with Crippen LogP contribution in [-0.2, 0) is 14.8 Å². The Morgan fingerprint density at radius 3 is 2.84 bits per heavy atom. The maximum absolute atomic E-state index is 12.3. The van der Waals surface area contributed by atoms with Gasteiger partial charge < -0.3 is 4.74 Å². The van der Waals surface area contributed by atoms with E-state index >= 15 is 0 Å². The molecule has 1 aromatic heterocycles. The Bertz CT molecular complexity index is 574. The molecule has 1 saturated carbocycles. The highest BCUT2D eigenvalue weighted by Gasteiger charge is 2.42. The molecule has 3 rings (SSSR count). The number of hydrogen-bond donors (Lipinski definition) is 1. The summed E-state index contributed by atoms with van der Waals surface area (Å²) in [5.41, 5.74) is 0. The lowest BCUT2D eigenvalue weighted by Crippen LogP contribution is -2.41. The van der Waals surface area contributed by atoms with Crippen molar-refractivity contribution >= 4 is 21.6 Å². The Labute approximate surface area is 117 Å². The van der Waals surface area contributed by atoms with Crippen molar-refractivity contribution in [3.63, 3.8) is 0 Å². The molecule has 7 heteroatoms. The summed E-state index contributed by atoms with van der Waals surface area (Å²) in [7, 11) is -3.56. The van der Waals surface area contributed by atoms with Crippen LogP contribution in [0, 0.1) is 5.92 Å². The number of hydrogen-bond acceptors (Lipinski definition) is 4. The monoisotopic (exact) mass is 302 g/mol. The highest BCUT2D eigenvalue weighted by atomic mass is 35.5. The van der Waals surface area contributed by atoms with Crippen molar-refractivity contribution in [2.45, 2.75) is 36.3 Å². The molecule has 1 aliphatic carbocycles. The van der Waals surface area contributed by atoms with Gasteiger partial charge >= 0.3 is 0 Å². The number of nitrogens with zero attached hydrogens (tertiary/aromatic N) is 1. The van der Waals surface area contributed by atoms with Gasteiger partial charge in [-0.2, -0.15) is 0 Å². The van der Waals surface area contributed by atoms with Crippen molar-refractivity contribution in [2.75, 3.05) is 6.61 Å². The minimum Gasteiger partial charge on any atom is -0.376 e. The lowest BCUT2D eigenvalue weighted by Gasteiger charge is -2.19. The molecule has 1 saturated heterocycles. The van der Waals surface area contributed by atoms with Crippen molar-refractivity contribution in [3.8, 4) is 0 Å². The van der Waals surface area contributed by atoms with E-state index in [0.717, 1.165) is 19.3 Å². The molecule has 0 amide bonds. The average molecular weight is 303 g/mol. The second-order valence-electron chi connectivity index (χ2n) is 5.00. The van der Waals surface area contributed by atoms with Gasteiger partial charge in [0.1, 0.15) is 5.15 Å². The number of pyridine rings is 1. The molecule has 5 nitrogen and oxygen atoms in total. The molecule has 0 bridgehead atoms. The fraction of sp³-hybridized carbons (Fsp3) is 0.583. The number of halogens is 1. The van der Waals surface area contributed by atoms with Crippen LogP contribution in [0.1, 0.15) is 19.3 Å². The Kier molecular flexibility index (Phi) is 3.51. The van der Waals surface area contributed by atoms with Crippen LogP contribution in [0.3, 0.4) is 0 Å². The molecule has 2 unspecified atom stereocenters. The number of aromatic nitrogens is 1. The number of sulfonamides is 1. The number of rotatable bonds is 4. The summed E-state index contributed by atoms with van der Waals surface area (Å²) in [6.45, 7) is 0.617. The second kappa shape index (κ2) is 5.01.